The van der Waals surface area contributed by atoms with Crippen molar-refractivity contribution >= 4 is 38.9 Å². The van der Waals surface area contributed by atoms with Gasteiger partial charge in [-0.05, 0) is 108 Å². The van der Waals surface area contributed by atoms with Gasteiger partial charge in [0.05, 0.1) is 0 Å². The van der Waals surface area contributed by atoms with Crippen LogP contribution in [0.15, 0.2) is 40.2 Å². The Morgan fingerprint density at radius 3 is 2.52 bits per heavy atom. The second-order valence-corrected chi connectivity index (χ2v) is 11.8. The Bertz CT molecular complexity index is 815. The molecule has 1 heterocycles. The summed E-state index contributed by atoms with van der Waals surface area (Å²) in [6, 6.07) is 11.6. The average Bonchev–Trinajstić information content (AvgIpc) is 3.04. The molecule has 4 aliphatic carbocycles. The molecule has 4 heteroatoms. The van der Waals surface area contributed by atoms with E-state index in [2.05, 4.69) is 63.9 Å². The monoisotopic (exact) mass is 463 g/mol. The predicted molar refractivity (Wildman–Crippen MR) is 119 cm³/mol. The number of thiophene rings is 1. The maximum Gasteiger partial charge on any atom is 0.0406 e. The molecule has 4 aliphatic rings. The maximum absolute atomic E-state index is 6.19. The SMILES string of the molecule is CC(NCc1cc(Br)cs1)C12CC3CC(CC(c4ccc(Cl)cc4)(C3)C1)C2. The summed E-state index contributed by atoms with van der Waals surface area (Å²) in [5.41, 5.74) is 2.38. The molecule has 4 fully saturated rings. The first-order valence-electron chi connectivity index (χ1n) is 10.2. The fraction of sp³-hybridized carbons (Fsp3) is 0.565. The zero-order valence-electron chi connectivity index (χ0n) is 15.8. The molecule has 1 aromatic carbocycles. The summed E-state index contributed by atoms with van der Waals surface area (Å²) in [6.45, 7) is 3.44. The smallest absolute Gasteiger partial charge is 0.0406 e. The molecule has 27 heavy (non-hydrogen) atoms. The average molecular weight is 465 g/mol. The number of benzene rings is 1. The molecule has 0 radical (unpaired) electrons. The Morgan fingerprint density at radius 1 is 1.19 bits per heavy atom. The quantitative estimate of drug-likeness (QED) is 0.494. The fourth-order valence-corrected chi connectivity index (χ4v) is 8.43. The van der Waals surface area contributed by atoms with Gasteiger partial charge in [-0.25, -0.2) is 0 Å². The Balaban J connectivity index is 1.40. The van der Waals surface area contributed by atoms with Gasteiger partial charge in [-0.1, -0.05) is 23.7 Å². The van der Waals surface area contributed by atoms with Crippen molar-refractivity contribution in [2.75, 3.05) is 0 Å². The third kappa shape index (κ3) is 3.33. The van der Waals surface area contributed by atoms with Gasteiger partial charge in [-0.2, -0.15) is 0 Å². The molecule has 3 unspecified atom stereocenters. The highest BCUT2D eigenvalue weighted by Gasteiger charge is 2.59. The van der Waals surface area contributed by atoms with E-state index in [1.165, 1.54) is 47.9 Å². The van der Waals surface area contributed by atoms with Crippen LogP contribution in [-0.2, 0) is 12.0 Å². The Labute approximate surface area is 180 Å². The maximum atomic E-state index is 6.19. The van der Waals surface area contributed by atoms with E-state index < -0.39 is 0 Å². The normalized spacial score (nSPS) is 35.5. The third-order valence-corrected chi connectivity index (χ3v) is 9.64. The number of hydrogen-bond acceptors (Lipinski definition) is 2. The van der Waals surface area contributed by atoms with E-state index in [-0.39, 0.29) is 0 Å². The van der Waals surface area contributed by atoms with E-state index in [0.29, 0.717) is 16.9 Å². The zero-order chi connectivity index (χ0) is 18.6. The van der Waals surface area contributed by atoms with Crippen LogP contribution in [0.5, 0.6) is 0 Å². The summed E-state index contributed by atoms with van der Waals surface area (Å²) in [7, 11) is 0. The van der Waals surface area contributed by atoms with E-state index in [1.54, 1.807) is 5.56 Å². The number of rotatable bonds is 5. The lowest BCUT2D eigenvalue weighted by Crippen LogP contribution is -2.59. The van der Waals surface area contributed by atoms with Crippen molar-refractivity contribution in [2.45, 2.75) is 63.5 Å². The van der Waals surface area contributed by atoms with E-state index in [1.807, 2.05) is 11.3 Å². The highest BCUT2D eigenvalue weighted by atomic mass is 79.9. The van der Waals surface area contributed by atoms with Gasteiger partial charge in [0.25, 0.3) is 0 Å². The van der Waals surface area contributed by atoms with Gasteiger partial charge in [0.1, 0.15) is 0 Å². The molecule has 4 saturated carbocycles. The van der Waals surface area contributed by atoms with Crippen LogP contribution in [0, 0.1) is 17.3 Å². The molecule has 144 valence electrons. The summed E-state index contributed by atoms with van der Waals surface area (Å²) < 4.78 is 1.20. The second-order valence-electron chi connectivity index (χ2n) is 9.44. The van der Waals surface area contributed by atoms with Gasteiger partial charge < -0.3 is 5.32 Å². The summed E-state index contributed by atoms with van der Waals surface area (Å²) in [5, 5.41) is 6.95. The van der Waals surface area contributed by atoms with Crippen molar-refractivity contribution in [2.24, 2.45) is 17.3 Å². The standard InChI is InChI=1S/C23H27BrClNS/c1-15(26-12-21-7-19(24)13-27-21)22-8-16-6-17(9-22)11-23(10-16,14-22)18-2-4-20(25)5-3-18/h2-5,7,13,15-17,26H,6,8-12,14H2,1H3. The van der Waals surface area contributed by atoms with Gasteiger partial charge in [0.15, 0.2) is 0 Å². The Hall–Kier alpha value is -0.350. The van der Waals surface area contributed by atoms with E-state index in [0.717, 1.165) is 23.4 Å². The van der Waals surface area contributed by atoms with Crippen LogP contribution < -0.4 is 5.32 Å². The minimum absolute atomic E-state index is 0.385. The first kappa shape index (κ1) is 18.7. The molecule has 6 rings (SSSR count). The van der Waals surface area contributed by atoms with Crippen molar-refractivity contribution in [3.8, 4) is 0 Å². The summed E-state index contributed by atoms with van der Waals surface area (Å²) >= 11 is 11.6. The molecule has 0 spiro atoms. The van der Waals surface area contributed by atoms with Crippen molar-refractivity contribution < 1.29 is 0 Å². The largest absolute Gasteiger partial charge is 0.309 e. The van der Waals surface area contributed by atoms with Crippen LogP contribution in [0.1, 0.15) is 55.9 Å². The molecule has 3 atom stereocenters. The van der Waals surface area contributed by atoms with Crippen molar-refractivity contribution in [1.82, 2.24) is 5.32 Å². The number of nitrogens with one attached hydrogen (secondary N) is 1. The molecule has 1 nitrogen and oxygen atoms in total. The first-order valence-corrected chi connectivity index (χ1v) is 12.2. The Morgan fingerprint density at radius 2 is 1.89 bits per heavy atom. The first-order chi connectivity index (χ1) is 13.0. The van der Waals surface area contributed by atoms with Crippen LogP contribution in [0.3, 0.4) is 0 Å². The topological polar surface area (TPSA) is 12.0 Å². The van der Waals surface area contributed by atoms with Crippen LogP contribution in [0.25, 0.3) is 0 Å². The fourth-order valence-electron chi connectivity index (χ4n) is 6.90. The van der Waals surface area contributed by atoms with Crippen LogP contribution in [0.4, 0.5) is 0 Å². The molecule has 0 aliphatic heterocycles. The summed E-state index contributed by atoms with van der Waals surface area (Å²) in [6.07, 6.45) is 8.41. The molecular formula is C23H27BrClNS. The van der Waals surface area contributed by atoms with Gasteiger partial charge in [-0.15, -0.1) is 11.3 Å². The predicted octanol–water partition coefficient (Wildman–Crippen LogP) is 7.18. The lowest BCUT2D eigenvalue weighted by molar-refractivity contribution is -0.0883. The molecule has 2 aromatic rings. The van der Waals surface area contributed by atoms with Crippen molar-refractivity contribution in [1.29, 1.82) is 0 Å². The minimum Gasteiger partial charge on any atom is -0.309 e. The van der Waals surface area contributed by atoms with Gasteiger partial charge >= 0.3 is 0 Å². The van der Waals surface area contributed by atoms with Crippen LogP contribution in [0.2, 0.25) is 5.02 Å². The van der Waals surface area contributed by atoms with E-state index in [9.17, 15) is 0 Å². The molecule has 1 N–H and O–H groups in total. The summed E-state index contributed by atoms with van der Waals surface area (Å²) in [5.74, 6) is 1.81. The molecule has 4 bridgehead atoms. The minimum atomic E-state index is 0.385. The molecule has 0 amide bonds. The van der Waals surface area contributed by atoms with Gasteiger partial charge in [-0.3, -0.25) is 0 Å². The van der Waals surface area contributed by atoms with Crippen LogP contribution in [-0.4, -0.2) is 6.04 Å². The van der Waals surface area contributed by atoms with Crippen LogP contribution >= 0.6 is 38.9 Å². The van der Waals surface area contributed by atoms with Crippen molar-refractivity contribution in [3.05, 3.63) is 55.6 Å². The molecule has 1 aromatic heterocycles. The highest BCUT2D eigenvalue weighted by molar-refractivity contribution is 9.10. The highest BCUT2D eigenvalue weighted by Crippen LogP contribution is 2.66. The number of hydrogen-bond donors (Lipinski definition) is 1. The second kappa shape index (κ2) is 6.86. The van der Waals surface area contributed by atoms with E-state index >= 15 is 0 Å². The van der Waals surface area contributed by atoms with E-state index in [4.69, 9.17) is 11.6 Å². The lowest BCUT2D eigenvalue weighted by Gasteiger charge is -2.64. The summed E-state index contributed by atoms with van der Waals surface area (Å²) in [4.78, 5) is 1.42. The third-order valence-electron chi connectivity index (χ3n) is 7.69. The molecule has 0 saturated heterocycles. The Kier molecular flexibility index (Phi) is 4.75. The van der Waals surface area contributed by atoms with Gasteiger partial charge in [0, 0.05) is 32.3 Å². The number of halogens is 2. The zero-order valence-corrected chi connectivity index (χ0v) is 19.0. The lowest BCUT2D eigenvalue weighted by atomic mass is 9.41. The van der Waals surface area contributed by atoms with Crippen molar-refractivity contribution in [3.63, 3.8) is 0 Å². The molecular weight excluding hydrogens is 438 g/mol. The van der Waals surface area contributed by atoms with Gasteiger partial charge in [0.2, 0.25) is 0 Å².